The molecule has 0 aliphatic heterocycles. The summed E-state index contributed by atoms with van der Waals surface area (Å²) in [6.45, 7) is 2.01. The van der Waals surface area contributed by atoms with Crippen LogP contribution in [-0.4, -0.2) is 24.3 Å². The maximum Gasteiger partial charge on any atom is 0.291 e. The zero-order chi connectivity index (χ0) is 22.1. The first-order valence-electron chi connectivity index (χ1n) is 9.92. The number of rotatable bonds is 9. The van der Waals surface area contributed by atoms with Gasteiger partial charge in [-0.3, -0.25) is 14.4 Å². The number of anilines is 4. The Bertz CT molecular complexity index is 1030. The third-order valence-electron chi connectivity index (χ3n) is 4.25. The molecule has 3 aromatic rings. The summed E-state index contributed by atoms with van der Waals surface area (Å²) in [7, 11) is 0. The second-order valence-electron chi connectivity index (χ2n) is 6.79. The second kappa shape index (κ2) is 10.6. The maximum atomic E-state index is 12.3. The van der Waals surface area contributed by atoms with E-state index in [1.54, 1.807) is 60.7 Å². The molecule has 4 N–H and O–H groups in total. The molecule has 0 bridgehead atoms. The predicted molar refractivity (Wildman–Crippen MR) is 120 cm³/mol. The number of furan rings is 1. The number of carbonyl (C=O) groups excluding carboxylic acids is 3. The molecule has 0 fully saturated rings. The summed E-state index contributed by atoms with van der Waals surface area (Å²) >= 11 is 0. The van der Waals surface area contributed by atoms with E-state index < -0.39 is 0 Å². The van der Waals surface area contributed by atoms with Gasteiger partial charge in [-0.25, -0.2) is 0 Å². The fraction of sp³-hybridized carbons (Fsp3) is 0.174. The van der Waals surface area contributed by atoms with Crippen LogP contribution in [0.5, 0.6) is 0 Å². The minimum absolute atomic E-state index is 0.0230. The Labute approximate surface area is 180 Å². The van der Waals surface area contributed by atoms with Crippen LogP contribution in [0.25, 0.3) is 0 Å². The lowest BCUT2D eigenvalue weighted by atomic mass is 10.2. The summed E-state index contributed by atoms with van der Waals surface area (Å²) in [4.78, 5) is 35.9. The Kier molecular flexibility index (Phi) is 7.42. The first-order chi connectivity index (χ1) is 15.0. The number of carbonyl (C=O) groups is 3. The van der Waals surface area contributed by atoms with E-state index in [1.165, 1.54) is 6.26 Å². The normalized spacial score (nSPS) is 10.2. The molecule has 160 valence electrons. The van der Waals surface area contributed by atoms with E-state index in [-0.39, 0.29) is 30.0 Å². The van der Waals surface area contributed by atoms with Gasteiger partial charge in [0.05, 0.1) is 12.8 Å². The number of nitrogens with one attached hydrogen (secondary N) is 4. The molecular weight excluding hydrogens is 396 g/mol. The first kappa shape index (κ1) is 21.6. The van der Waals surface area contributed by atoms with Crippen LogP contribution in [-0.2, 0) is 9.59 Å². The molecule has 0 aliphatic carbocycles. The van der Waals surface area contributed by atoms with Crippen molar-refractivity contribution in [3.05, 3.63) is 72.7 Å². The van der Waals surface area contributed by atoms with Gasteiger partial charge in [0.2, 0.25) is 11.8 Å². The van der Waals surface area contributed by atoms with Crippen molar-refractivity contribution < 1.29 is 18.8 Å². The fourth-order valence-electron chi connectivity index (χ4n) is 2.78. The standard InChI is InChI=1S/C23H24N4O4/c1-2-5-21(28)25-17-11-9-16(10-12-17)24-15-22(29)26-18-6-3-7-19(14-18)27-23(30)20-8-4-13-31-20/h3-4,6-14,24H,2,5,15H2,1H3,(H,25,28)(H,26,29)(H,27,30). The van der Waals surface area contributed by atoms with Crippen molar-refractivity contribution in [2.45, 2.75) is 19.8 Å². The molecule has 0 atom stereocenters. The average Bonchev–Trinajstić information content (AvgIpc) is 3.29. The molecule has 1 heterocycles. The Morgan fingerprint density at radius 2 is 1.45 bits per heavy atom. The SMILES string of the molecule is CCCC(=O)Nc1ccc(NCC(=O)Nc2cccc(NC(=O)c3ccco3)c2)cc1. The smallest absolute Gasteiger partial charge is 0.291 e. The third-order valence-corrected chi connectivity index (χ3v) is 4.25. The van der Waals surface area contributed by atoms with Gasteiger partial charge in [-0.2, -0.15) is 0 Å². The minimum Gasteiger partial charge on any atom is -0.459 e. The molecule has 8 nitrogen and oxygen atoms in total. The molecule has 0 saturated heterocycles. The monoisotopic (exact) mass is 420 g/mol. The van der Waals surface area contributed by atoms with Crippen LogP contribution in [0.4, 0.5) is 22.7 Å². The van der Waals surface area contributed by atoms with Gasteiger partial charge >= 0.3 is 0 Å². The van der Waals surface area contributed by atoms with Crippen molar-refractivity contribution >= 4 is 40.5 Å². The minimum atomic E-state index is -0.371. The molecule has 1 aromatic heterocycles. The van der Waals surface area contributed by atoms with Crippen molar-refractivity contribution in [1.29, 1.82) is 0 Å². The van der Waals surface area contributed by atoms with Gasteiger partial charge in [-0.15, -0.1) is 0 Å². The summed E-state index contributed by atoms with van der Waals surface area (Å²) in [6.07, 6.45) is 2.70. The maximum absolute atomic E-state index is 12.3. The van der Waals surface area contributed by atoms with E-state index in [0.717, 1.165) is 12.1 Å². The molecule has 0 spiro atoms. The highest BCUT2D eigenvalue weighted by atomic mass is 16.3. The third kappa shape index (κ3) is 6.74. The highest BCUT2D eigenvalue weighted by molar-refractivity contribution is 6.03. The first-order valence-corrected chi connectivity index (χ1v) is 9.92. The summed E-state index contributed by atoms with van der Waals surface area (Å²) in [5.74, 6) is -0.431. The van der Waals surface area contributed by atoms with Crippen LogP contribution in [0.2, 0.25) is 0 Å². The molecule has 2 aromatic carbocycles. The Morgan fingerprint density at radius 3 is 2.13 bits per heavy atom. The lowest BCUT2D eigenvalue weighted by molar-refractivity contribution is -0.116. The largest absolute Gasteiger partial charge is 0.459 e. The van der Waals surface area contributed by atoms with Crippen LogP contribution < -0.4 is 21.3 Å². The highest BCUT2D eigenvalue weighted by Gasteiger charge is 2.09. The predicted octanol–water partition coefficient (Wildman–Crippen LogP) is 4.32. The van der Waals surface area contributed by atoms with Gasteiger partial charge in [0.15, 0.2) is 5.76 Å². The lowest BCUT2D eigenvalue weighted by Gasteiger charge is -2.10. The van der Waals surface area contributed by atoms with Crippen LogP contribution in [0.3, 0.4) is 0 Å². The van der Waals surface area contributed by atoms with Crippen molar-refractivity contribution in [3.63, 3.8) is 0 Å². The van der Waals surface area contributed by atoms with E-state index in [4.69, 9.17) is 4.42 Å². The van der Waals surface area contributed by atoms with Crippen LogP contribution in [0, 0.1) is 0 Å². The molecule has 3 amide bonds. The van der Waals surface area contributed by atoms with Crippen molar-refractivity contribution in [3.8, 4) is 0 Å². The van der Waals surface area contributed by atoms with Gasteiger partial charge in [0.1, 0.15) is 0 Å². The number of amides is 3. The van der Waals surface area contributed by atoms with E-state index >= 15 is 0 Å². The average molecular weight is 420 g/mol. The topological polar surface area (TPSA) is 112 Å². The lowest BCUT2D eigenvalue weighted by Crippen LogP contribution is -2.21. The van der Waals surface area contributed by atoms with E-state index in [1.807, 2.05) is 6.92 Å². The van der Waals surface area contributed by atoms with E-state index in [0.29, 0.717) is 23.5 Å². The van der Waals surface area contributed by atoms with Crippen LogP contribution in [0.15, 0.2) is 71.3 Å². The van der Waals surface area contributed by atoms with Crippen molar-refractivity contribution in [2.24, 2.45) is 0 Å². The van der Waals surface area contributed by atoms with E-state index in [9.17, 15) is 14.4 Å². The molecule has 0 saturated carbocycles. The molecule has 0 unspecified atom stereocenters. The zero-order valence-corrected chi connectivity index (χ0v) is 17.1. The van der Waals surface area contributed by atoms with Crippen molar-refractivity contribution in [2.75, 3.05) is 27.8 Å². The summed E-state index contributed by atoms with van der Waals surface area (Å²) < 4.78 is 5.06. The molecule has 31 heavy (non-hydrogen) atoms. The number of benzene rings is 2. The summed E-state index contributed by atoms with van der Waals surface area (Å²) in [5, 5.41) is 11.3. The number of hydrogen-bond donors (Lipinski definition) is 4. The molecule has 0 aliphatic rings. The van der Waals surface area contributed by atoms with Gasteiger partial charge in [-0.1, -0.05) is 13.0 Å². The van der Waals surface area contributed by atoms with Crippen molar-refractivity contribution in [1.82, 2.24) is 0 Å². The second-order valence-corrected chi connectivity index (χ2v) is 6.79. The van der Waals surface area contributed by atoms with Gasteiger partial charge < -0.3 is 25.7 Å². The zero-order valence-electron chi connectivity index (χ0n) is 17.1. The molecule has 3 rings (SSSR count). The Morgan fingerprint density at radius 1 is 0.774 bits per heavy atom. The summed E-state index contributed by atoms with van der Waals surface area (Å²) in [5.41, 5.74) is 2.55. The summed E-state index contributed by atoms with van der Waals surface area (Å²) in [6, 6.07) is 17.2. The molecular formula is C23H24N4O4. The molecule has 8 heteroatoms. The van der Waals surface area contributed by atoms with Crippen LogP contribution >= 0.6 is 0 Å². The number of hydrogen-bond acceptors (Lipinski definition) is 5. The quantitative estimate of drug-likeness (QED) is 0.412. The fourth-order valence-corrected chi connectivity index (χ4v) is 2.78. The highest BCUT2D eigenvalue weighted by Crippen LogP contribution is 2.17. The Balaban J connectivity index is 1.48. The molecule has 0 radical (unpaired) electrons. The van der Waals surface area contributed by atoms with E-state index in [2.05, 4.69) is 21.3 Å². The van der Waals surface area contributed by atoms with Gasteiger partial charge in [0.25, 0.3) is 5.91 Å². The van der Waals surface area contributed by atoms with Gasteiger partial charge in [0, 0.05) is 29.2 Å². The van der Waals surface area contributed by atoms with Gasteiger partial charge in [-0.05, 0) is 61.0 Å². The Hall–Kier alpha value is -4.07. The van der Waals surface area contributed by atoms with Crippen LogP contribution in [0.1, 0.15) is 30.3 Å².